The predicted octanol–water partition coefficient (Wildman–Crippen LogP) is 1.57. The molecule has 6 heteroatoms. The van der Waals surface area contributed by atoms with Crippen LogP contribution in [-0.2, 0) is 10.0 Å². The Balaban J connectivity index is 2.28. The van der Waals surface area contributed by atoms with Gasteiger partial charge >= 0.3 is 0 Å². The number of H-pyrrole nitrogens is 1. The summed E-state index contributed by atoms with van der Waals surface area (Å²) in [6, 6.07) is 2.65. The molecule has 0 amide bonds. The minimum Gasteiger partial charge on any atom is -0.328 e. The summed E-state index contributed by atoms with van der Waals surface area (Å²) in [5.41, 5.74) is -0.298. The fourth-order valence-electron chi connectivity index (χ4n) is 2.74. The van der Waals surface area contributed by atoms with Crippen LogP contribution < -0.4 is 5.56 Å². The highest BCUT2D eigenvalue weighted by molar-refractivity contribution is 7.89. The summed E-state index contributed by atoms with van der Waals surface area (Å²) in [6.07, 6.45) is 5.47. The standard InChI is InChI=1S/C13H20N2O3S/c1-10-5-3-4-6-12(10)15(2)19(17,18)11-7-8-13(16)14-9-11/h7-10,12H,3-6H2,1-2H3,(H,14,16). The number of rotatable bonds is 3. The molecule has 0 radical (unpaired) electrons. The van der Waals surface area contributed by atoms with Crippen LogP contribution in [-0.4, -0.2) is 30.8 Å². The van der Waals surface area contributed by atoms with E-state index in [9.17, 15) is 13.2 Å². The van der Waals surface area contributed by atoms with Gasteiger partial charge in [-0.1, -0.05) is 19.8 Å². The molecule has 2 unspecified atom stereocenters. The van der Waals surface area contributed by atoms with Crippen LogP contribution in [0.1, 0.15) is 32.6 Å². The Morgan fingerprint density at radius 1 is 1.26 bits per heavy atom. The number of hydrogen-bond acceptors (Lipinski definition) is 3. The summed E-state index contributed by atoms with van der Waals surface area (Å²) >= 11 is 0. The summed E-state index contributed by atoms with van der Waals surface area (Å²) in [5, 5.41) is 0. The molecule has 1 fully saturated rings. The van der Waals surface area contributed by atoms with E-state index in [-0.39, 0.29) is 16.5 Å². The smallest absolute Gasteiger partial charge is 0.247 e. The molecule has 0 bridgehead atoms. The van der Waals surface area contributed by atoms with Gasteiger partial charge in [0.15, 0.2) is 0 Å². The predicted molar refractivity (Wildman–Crippen MR) is 73.4 cm³/mol. The fraction of sp³-hybridized carbons (Fsp3) is 0.615. The van der Waals surface area contributed by atoms with Crippen molar-refractivity contribution in [1.29, 1.82) is 0 Å². The first-order valence-electron chi connectivity index (χ1n) is 6.59. The first-order valence-corrected chi connectivity index (χ1v) is 8.03. The third-order valence-electron chi connectivity index (χ3n) is 3.97. The molecule has 1 aromatic heterocycles. The van der Waals surface area contributed by atoms with Gasteiger partial charge in [-0.15, -0.1) is 0 Å². The van der Waals surface area contributed by atoms with E-state index in [0.717, 1.165) is 19.3 Å². The number of nitrogens with zero attached hydrogens (tertiary/aromatic N) is 1. The van der Waals surface area contributed by atoms with Crippen molar-refractivity contribution in [3.8, 4) is 0 Å². The molecule has 2 atom stereocenters. The SMILES string of the molecule is CC1CCCCC1N(C)S(=O)(=O)c1ccc(=O)[nH]c1. The number of pyridine rings is 1. The van der Waals surface area contributed by atoms with Crippen LogP contribution >= 0.6 is 0 Å². The molecule has 5 nitrogen and oxygen atoms in total. The highest BCUT2D eigenvalue weighted by Gasteiger charge is 2.32. The topological polar surface area (TPSA) is 70.2 Å². The van der Waals surface area contributed by atoms with Crippen molar-refractivity contribution in [2.75, 3.05) is 7.05 Å². The molecule has 0 spiro atoms. The van der Waals surface area contributed by atoms with Crippen LogP contribution in [0.2, 0.25) is 0 Å². The van der Waals surface area contributed by atoms with E-state index in [1.165, 1.54) is 29.1 Å². The average Bonchev–Trinajstić information content (AvgIpc) is 2.39. The maximum atomic E-state index is 12.5. The zero-order chi connectivity index (χ0) is 14.0. The summed E-state index contributed by atoms with van der Waals surface area (Å²) in [7, 11) is -1.89. The minimum atomic E-state index is -3.53. The Bertz CT molecular complexity index is 574. The zero-order valence-corrected chi connectivity index (χ0v) is 12.1. The summed E-state index contributed by atoms with van der Waals surface area (Å²) in [4.78, 5) is 13.6. The van der Waals surface area contributed by atoms with E-state index in [1.54, 1.807) is 7.05 Å². The molecule has 0 aliphatic heterocycles. The van der Waals surface area contributed by atoms with E-state index < -0.39 is 10.0 Å². The van der Waals surface area contributed by atoms with Gasteiger partial charge in [0.2, 0.25) is 15.6 Å². The van der Waals surface area contributed by atoms with E-state index in [0.29, 0.717) is 5.92 Å². The van der Waals surface area contributed by atoms with Crippen molar-refractivity contribution in [2.24, 2.45) is 5.92 Å². The lowest BCUT2D eigenvalue weighted by Crippen LogP contribution is -2.42. The Kier molecular flexibility index (Phi) is 4.10. The molecule has 1 heterocycles. The molecule has 19 heavy (non-hydrogen) atoms. The largest absolute Gasteiger partial charge is 0.328 e. The first-order chi connectivity index (χ1) is 8.93. The Morgan fingerprint density at radius 2 is 1.95 bits per heavy atom. The van der Waals surface area contributed by atoms with Gasteiger partial charge in [0.25, 0.3) is 0 Å². The summed E-state index contributed by atoms with van der Waals surface area (Å²) in [6.45, 7) is 2.10. The molecule has 1 saturated carbocycles. The van der Waals surface area contributed by atoms with Gasteiger partial charge in [-0.05, 0) is 24.8 Å². The van der Waals surface area contributed by atoms with Crippen molar-refractivity contribution in [3.63, 3.8) is 0 Å². The Morgan fingerprint density at radius 3 is 2.53 bits per heavy atom. The van der Waals surface area contributed by atoms with Crippen LogP contribution in [0.5, 0.6) is 0 Å². The molecule has 1 aliphatic carbocycles. The van der Waals surface area contributed by atoms with Crippen molar-refractivity contribution >= 4 is 10.0 Å². The molecule has 1 N–H and O–H groups in total. The molecular formula is C13H20N2O3S. The van der Waals surface area contributed by atoms with Gasteiger partial charge in [0, 0.05) is 25.4 Å². The van der Waals surface area contributed by atoms with Gasteiger partial charge in [-0.25, -0.2) is 8.42 Å². The lowest BCUT2D eigenvalue weighted by Gasteiger charge is -2.35. The lowest BCUT2D eigenvalue weighted by molar-refractivity contribution is 0.213. The van der Waals surface area contributed by atoms with Gasteiger partial charge in [-0.2, -0.15) is 4.31 Å². The molecule has 0 aromatic carbocycles. The van der Waals surface area contributed by atoms with Crippen molar-refractivity contribution in [3.05, 3.63) is 28.7 Å². The van der Waals surface area contributed by atoms with E-state index >= 15 is 0 Å². The van der Waals surface area contributed by atoms with Crippen LogP contribution in [0.25, 0.3) is 0 Å². The molecule has 106 valence electrons. The third-order valence-corrected chi connectivity index (χ3v) is 5.84. The second-order valence-electron chi connectivity index (χ2n) is 5.24. The Labute approximate surface area is 113 Å². The van der Waals surface area contributed by atoms with Crippen LogP contribution in [0.3, 0.4) is 0 Å². The highest BCUT2D eigenvalue weighted by atomic mass is 32.2. The monoisotopic (exact) mass is 284 g/mol. The Hall–Kier alpha value is -1.14. The van der Waals surface area contributed by atoms with Crippen molar-refractivity contribution in [2.45, 2.75) is 43.5 Å². The maximum Gasteiger partial charge on any atom is 0.247 e. The van der Waals surface area contributed by atoms with Crippen LogP contribution in [0.15, 0.2) is 28.0 Å². The second-order valence-corrected chi connectivity index (χ2v) is 7.24. The fourth-order valence-corrected chi connectivity index (χ4v) is 4.19. The molecular weight excluding hydrogens is 264 g/mol. The first kappa shape index (κ1) is 14.3. The van der Waals surface area contributed by atoms with Crippen LogP contribution in [0.4, 0.5) is 0 Å². The molecule has 2 rings (SSSR count). The minimum absolute atomic E-state index is 0.0469. The van der Waals surface area contributed by atoms with E-state index in [4.69, 9.17) is 0 Å². The third kappa shape index (κ3) is 2.90. The van der Waals surface area contributed by atoms with Gasteiger partial charge in [-0.3, -0.25) is 4.79 Å². The van der Waals surface area contributed by atoms with Crippen molar-refractivity contribution in [1.82, 2.24) is 9.29 Å². The number of sulfonamides is 1. The average molecular weight is 284 g/mol. The zero-order valence-electron chi connectivity index (χ0n) is 11.3. The van der Waals surface area contributed by atoms with E-state index in [1.807, 2.05) is 0 Å². The van der Waals surface area contributed by atoms with Gasteiger partial charge in [0.1, 0.15) is 0 Å². The summed E-state index contributed by atoms with van der Waals surface area (Å²) in [5.74, 6) is 0.372. The van der Waals surface area contributed by atoms with Gasteiger partial charge in [0.05, 0.1) is 4.90 Å². The molecule has 0 saturated heterocycles. The highest BCUT2D eigenvalue weighted by Crippen LogP contribution is 2.30. The number of nitrogens with one attached hydrogen (secondary N) is 1. The second kappa shape index (κ2) is 5.46. The number of aromatic amines is 1. The number of aromatic nitrogens is 1. The molecule has 1 aliphatic rings. The normalized spacial score (nSPS) is 24.6. The van der Waals surface area contributed by atoms with E-state index in [2.05, 4.69) is 11.9 Å². The van der Waals surface area contributed by atoms with Gasteiger partial charge < -0.3 is 4.98 Å². The van der Waals surface area contributed by atoms with Crippen molar-refractivity contribution < 1.29 is 8.42 Å². The lowest BCUT2D eigenvalue weighted by atomic mass is 9.86. The van der Waals surface area contributed by atoms with Crippen LogP contribution in [0, 0.1) is 5.92 Å². The number of hydrogen-bond donors (Lipinski definition) is 1. The summed E-state index contributed by atoms with van der Waals surface area (Å²) < 4.78 is 26.4. The maximum absolute atomic E-state index is 12.5. The molecule has 1 aromatic rings. The quantitative estimate of drug-likeness (QED) is 0.916.